The summed E-state index contributed by atoms with van der Waals surface area (Å²) in [5, 5.41) is 9.44. The Kier molecular flexibility index (Phi) is 4.30. The van der Waals surface area contributed by atoms with E-state index in [1.165, 1.54) is 11.9 Å². The Balaban J connectivity index is 2.01. The molecule has 0 saturated heterocycles. The van der Waals surface area contributed by atoms with Crippen molar-refractivity contribution in [3.05, 3.63) is 54.1 Å². The molecule has 0 aliphatic rings. The van der Waals surface area contributed by atoms with Crippen LogP contribution in [0.2, 0.25) is 0 Å². The minimum absolute atomic E-state index is 0.00138. The number of hydrogen-bond acceptors (Lipinski definition) is 3. The van der Waals surface area contributed by atoms with Gasteiger partial charge in [-0.25, -0.2) is 4.98 Å². The lowest BCUT2D eigenvalue weighted by Crippen LogP contribution is -2.14. The predicted molar refractivity (Wildman–Crippen MR) is 71.6 cm³/mol. The number of benzene rings is 1. The van der Waals surface area contributed by atoms with Gasteiger partial charge in [0, 0.05) is 6.20 Å². The summed E-state index contributed by atoms with van der Waals surface area (Å²) in [7, 11) is 0. The maximum atomic E-state index is 11.0. The number of aliphatic hydroxyl groups is 1. The van der Waals surface area contributed by atoms with Gasteiger partial charge in [-0.15, -0.1) is 0 Å². The zero-order valence-corrected chi connectivity index (χ0v) is 10.6. The van der Waals surface area contributed by atoms with Crippen molar-refractivity contribution in [1.29, 1.82) is 0 Å². The summed E-state index contributed by atoms with van der Waals surface area (Å²) in [6.07, 6.45) is 4.74. The van der Waals surface area contributed by atoms with Crippen LogP contribution in [0.5, 0.6) is 0 Å². The molecule has 1 heterocycles. The molecule has 1 amide bonds. The van der Waals surface area contributed by atoms with Crippen LogP contribution in [0.25, 0.3) is 0 Å². The molecule has 0 aliphatic carbocycles. The first-order valence-corrected chi connectivity index (χ1v) is 6.18. The highest BCUT2D eigenvalue weighted by molar-refractivity contribution is 5.90. The number of rotatable bonds is 6. The van der Waals surface area contributed by atoms with Gasteiger partial charge in [-0.2, -0.15) is 0 Å². The number of carbonyl (C=O) groups is 1. The number of carbonyl (C=O) groups excluding carboxylic acids is 1. The average molecular weight is 259 g/mol. The molecule has 0 spiro atoms. The topological polar surface area (TPSA) is 81.1 Å². The number of amides is 1. The summed E-state index contributed by atoms with van der Waals surface area (Å²) >= 11 is 0. The van der Waals surface area contributed by atoms with E-state index in [4.69, 9.17) is 5.73 Å². The van der Waals surface area contributed by atoms with Crippen molar-refractivity contribution in [1.82, 2.24) is 9.55 Å². The van der Waals surface area contributed by atoms with Crippen LogP contribution in [0.1, 0.15) is 28.5 Å². The Morgan fingerprint density at radius 1 is 1.37 bits per heavy atom. The van der Waals surface area contributed by atoms with Crippen LogP contribution in [-0.2, 0) is 6.42 Å². The third kappa shape index (κ3) is 3.42. The smallest absolute Gasteiger partial charge is 0.268 e. The van der Waals surface area contributed by atoms with E-state index in [1.54, 1.807) is 10.8 Å². The first-order chi connectivity index (χ1) is 9.20. The summed E-state index contributed by atoms with van der Waals surface area (Å²) in [5.41, 5.74) is 6.60. The summed E-state index contributed by atoms with van der Waals surface area (Å²) in [5.74, 6) is -0.557. The Labute approximate surface area is 111 Å². The second-order valence-electron chi connectivity index (χ2n) is 4.43. The molecule has 2 aromatic rings. The highest BCUT2D eigenvalue weighted by atomic mass is 16.3. The fraction of sp³-hybridized carbons (Fsp3) is 0.286. The molecule has 100 valence electrons. The minimum Gasteiger partial charge on any atom is -0.394 e. The lowest BCUT2D eigenvalue weighted by Gasteiger charge is -2.15. The summed E-state index contributed by atoms with van der Waals surface area (Å²) in [6.45, 7) is 0.00138. The molecule has 3 N–H and O–H groups in total. The Hall–Kier alpha value is -2.14. The number of nitrogens with zero attached hydrogens (tertiary/aromatic N) is 2. The molecular formula is C14H17N3O2. The molecule has 0 radical (unpaired) electrons. The van der Waals surface area contributed by atoms with Gasteiger partial charge in [0.2, 0.25) is 0 Å². The molecule has 0 saturated carbocycles. The monoisotopic (exact) mass is 259 g/mol. The normalized spacial score (nSPS) is 12.3. The summed E-state index contributed by atoms with van der Waals surface area (Å²) in [4.78, 5) is 14.9. The molecule has 1 aromatic heterocycles. The Morgan fingerprint density at radius 3 is 2.68 bits per heavy atom. The maximum absolute atomic E-state index is 11.0. The lowest BCUT2D eigenvalue weighted by atomic mass is 10.1. The van der Waals surface area contributed by atoms with Gasteiger partial charge < -0.3 is 15.4 Å². The summed E-state index contributed by atoms with van der Waals surface area (Å²) < 4.78 is 1.74. The molecule has 0 unspecified atom stereocenters. The number of hydrogen-bond donors (Lipinski definition) is 2. The SMILES string of the molecule is NC(=O)c1cn([C@@H](CO)CCc2ccccc2)cn1. The van der Waals surface area contributed by atoms with Crippen LogP contribution in [0, 0.1) is 0 Å². The predicted octanol–water partition coefficient (Wildman–Crippen LogP) is 1.15. The third-order valence-corrected chi connectivity index (χ3v) is 3.10. The van der Waals surface area contributed by atoms with Crippen LogP contribution in [0.15, 0.2) is 42.9 Å². The van der Waals surface area contributed by atoms with Gasteiger partial charge in [-0.3, -0.25) is 4.79 Å². The molecule has 5 heteroatoms. The number of primary amides is 1. The Morgan fingerprint density at radius 2 is 2.11 bits per heavy atom. The molecule has 1 atom stereocenters. The van der Waals surface area contributed by atoms with E-state index in [1.807, 2.05) is 18.2 Å². The second kappa shape index (κ2) is 6.15. The van der Waals surface area contributed by atoms with Crippen LogP contribution >= 0.6 is 0 Å². The second-order valence-corrected chi connectivity index (χ2v) is 4.43. The lowest BCUT2D eigenvalue weighted by molar-refractivity contribution is 0.0995. The molecule has 1 aromatic carbocycles. The van der Waals surface area contributed by atoms with E-state index in [0.29, 0.717) is 0 Å². The third-order valence-electron chi connectivity index (χ3n) is 3.10. The van der Waals surface area contributed by atoms with Crippen LogP contribution < -0.4 is 5.73 Å². The van der Waals surface area contributed by atoms with Crippen molar-refractivity contribution in [2.24, 2.45) is 5.73 Å². The zero-order valence-electron chi connectivity index (χ0n) is 10.6. The van der Waals surface area contributed by atoms with Crippen LogP contribution in [0.4, 0.5) is 0 Å². The quantitative estimate of drug-likeness (QED) is 0.816. The van der Waals surface area contributed by atoms with E-state index in [-0.39, 0.29) is 18.3 Å². The van der Waals surface area contributed by atoms with Crippen molar-refractivity contribution in [3.63, 3.8) is 0 Å². The van der Waals surface area contributed by atoms with Gasteiger partial charge in [0.25, 0.3) is 5.91 Å². The minimum atomic E-state index is -0.557. The first kappa shape index (κ1) is 13.3. The molecule has 0 bridgehead atoms. The van der Waals surface area contributed by atoms with Gasteiger partial charge in [-0.05, 0) is 18.4 Å². The van der Waals surface area contributed by atoms with Crippen LogP contribution in [-0.4, -0.2) is 27.2 Å². The highest BCUT2D eigenvalue weighted by Gasteiger charge is 2.12. The molecule has 0 aliphatic heterocycles. The van der Waals surface area contributed by atoms with E-state index in [2.05, 4.69) is 17.1 Å². The number of nitrogens with two attached hydrogens (primary N) is 1. The molecule has 5 nitrogen and oxygen atoms in total. The number of imidazole rings is 1. The van der Waals surface area contributed by atoms with Crippen molar-refractivity contribution in [2.45, 2.75) is 18.9 Å². The first-order valence-electron chi connectivity index (χ1n) is 6.18. The molecule has 19 heavy (non-hydrogen) atoms. The molecular weight excluding hydrogens is 242 g/mol. The van der Waals surface area contributed by atoms with E-state index in [9.17, 15) is 9.90 Å². The van der Waals surface area contributed by atoms with Crippen LogP contribution in [0.3, 0.4) is 0 Å². The van der Waals surface area contributed by atoms with E-state index < -0.39 is 5.91 Å². The number of aliphatic hydroxyl groups excluding tert-OH is 1. The van der Waals surface area contributed by atoms with E-state index >= 15 is 0 Å². The van der Waals surface area contributed by atoms with Gasteiger partial charge in [0.05, 0.1) is 19.0 Å². The summed E-state index contributed by atoms with van der Waals surface area (Å²) in [6, 6.07) is 9.97. The maximum Gasteiger partial charge on any atom is 0.268 e. The van der Waals surface area contributed by atoms with Crippen molar-refractivity contribution >= 4 is 5.91 Å². The van der Waals surface area contributed by atoms with Gasteiger partial charge in [0.15, 0.2) is 0 Å². The standard InChI is InChI=1S/C14H17N3O2/c15-14(19)13-8-17(10-16-13)12(9-18)7-6-11-4-2-1-3-5-11/h1-5,8,10,12,18H,6-7,9H2,(H2,15,19)/t12-/m1/s1. The zero-order chi connectivity index (χ0) is 13.7. The molecule has 0 fully saturated rings. The van der Waals surface area contributed by atoms with Crippen molar-refractivity contribution in [2.75, 3.05) is 6.61 Å². The number of aromatic nitrogens is 2. The number of aryl methyl sites for hydroxylation is 1. The van der Waals surface area contributed by atoms with Gasteiger partial charge in [-0.1, -0.05) is 30.3 Å². The van der Waals surface area contributed by atoms with Crippen molar-refractivity contribution in [3.8, 4) is 0 Å². The Bertz CT molecular complexity index is 537. The van der Waals surface area contributed by atoms with E-state index in [0.717, 1.165) is 12.8 Å². The van der Waals surface area contributed by atoms with Gasteiger partial charge in [0.1, 0.15) is 5.69 Å². The van der Waals surface area contributed by atoms with Gasteiger partial charge >= 0.3 is 0 Å². The van der Waals surface area contributed by atoms with Crippen molar-refractivity contribution < 1.29 is 9.90 Å². The average Bonchev–Trinajstić information content (AvgIpc) is 2.90. The fourth-order valence-electron chi connectivity index (χ4n) is 1.98. The molecule has 2 rings (SSSR count). The highest BCUT2D eigenvalue weighted by Crippen LogP contribution is 2.15. The fourth-order valence-corrected chi connectivity index (χ4v) is 1.98. The largest absolute Gasteiger partial charge is 0.394 e.